The van der Waals surface area contributed by atoms with Gasteiger partial charge in [-0.25, -0.2) is 0 Å². The molecule has 0 aromatic heterocycles. The van der Waals surface area contributed by atoms with Gasteiger partial charge in [-0.1, -0.05) is 108 Å². The van der Waals surface area contributed by atoms with Crippen molar-refractivity contribution >= 4 is 159 Å². The molecule has 0 N–H and O–H groups in total. The van der Waals surface area contributed by atoms with E-state index in [0.717, 1.165) is 28.8 Å². The van der Waals surface area contributed by atoms with Gasteiger partial charge in [0, 0.05) is 25.1 Å². The monoisotopic (exact) mass is 814 g/mol. The molecule has 43 heavy (non-hydrogen) atoms. The van der Waals surface area contributed by atoms with Crippen molar-refractivity contribution in [3.05, 3.63) is 77.2 Å². The van der Waals surface area contributed by atoms with Crippen molar-refractivity contribution in [2.24, 2.45) is 0 Å². The van der Waals surface area contributed by atoms with E-state index in [1.54, 1.807) is 21.6 Å². The van der Waals surface area contributed by atoms with Gasteiger partial charge < -0.3 is 4.74 Å². The van der Waals surface area contributed by atoms with E-state index in [1.165, 1.54) is 43.0 Å². The van der Waals surface area contributed by atoms with E-state index >= 15 is 0 Å². The molecule has 0 bridgehead atoms. The Bertz CT molecular complexity index is 1310. The molecule has 0 aromatic rings. The molecule has 0 saturated heterocycles. The lowest BCUT2D eigenvalue weighted by Crippen LogP contribution is -2.04. The average Bonchev–Trinajstić information content (AvgIpc) is 3.77. The number of carbonyl (C=O) groups excluding carboxylic acids is 1. The summed E-state index contributed by atoms with van der Waals surface area (Å²) in [5, 5.41) is 2.08. The Labute approximate surface area is 311 Å². The number of carbonyl (C=O) groups is 1. The smallest absolute Gasteiger partial charge is 0.306 e. The van der Waals surface area contributed by atoms with Crippen molar-refractivity contribution in [1.82, 2.24) is 0 Å². The Hall–Kier alpha value is 1.94. The molecule has 5 rings (SSSR count). The number of hydrogen-bond donors (Lipinski definition) is 0. The van der Waals surface area contributed by atoms with Crippen LogP contribution in [0.4, 0.5) is 0 Å². The molecule has 232 valence electrons. The molecule has 0 radical (unpaired) electrons. The Balaban J connectivity index is 1.09. The Morgan fingerprint density at radius 3 is 1.56 bits per heavy atom. The first-order valence-corrected chi connectivity index (χ1v) is 24.9. The fraction of sp³-hybridized carbons (Fsp3) is 0.393. The average molecular weight is 815 g/mol. The molecule has 5 heterocycles. The van der Waals surface area contributed by atoms with Crippen LogP contribution in [0.25, 0.3) is 0 Å². The van der Waals surface area contributed by atoms with Crippen LogP contribution < -0.4 is 0 Å². The van der Waals surface area contributed by atoms with Gasteiger partial charge in [-0.2, -0.15) is 0 Å². The predicted octanol–water partition coefficient (Wildman–Crippen LogP) is 14.3. The zero-order chi connectivity index (χ0) is 30.2. The summed E-state index contributed by atoms with van der Waals surface area (Å²) in [6.07, 6.45) is 12.0. The maximum Gasteiger partial charge on any atom is 0.306 e. The lowest BCUT2D eigenvalue weighted by atomic mass is 10.3. The molecule has 0 aromatic carbocycles. The normalized spacial score (nSPS) is 22.2. The summed E-state index contributed by atoms with van der Waals surface area (Å²) in [6.45, 7) is 9.00. The summed E-state index contributed by atoms with van der Waals surface area (Å²) < 4.78 is 17.7. The van der Waals surface area contributed by atoms with Gasteiger partial charge in [0.1, 0.15) is 0 Å². The third kappa shape index (κ3) is 10.7. The van der Waals surface area contributed by atoms with Crippen molar-refractivity contribution in [2.45, 2.75) is 47.0 Å². The number of hydrogen-bond acceptors (Lipinski definition) is 15. The summed E-state index contributed by atoms with van der Waals surface area (Å²) in [7, 11) is 0. The highest BCUT2D eigenvalue weighted by molar-refractivity contribution is 8.46. The minimum absolute atomic E-state index is 0.110. The van der Waals surface area contributed by atoms with Crippen LogP contribution in [0.15, 0.2) is 77.2 Å². The SMILES string of the molecule is CCOC(=O)CCSC1=C(C)SC(=CC=C2SC3=C(SCSC4=C(SCS3)SC(=CC=C3SC(CC)=C(CC)S3)S4)S2)S1. The molecular formula is C28H30O2S13. The molecule has 0 aliphatic carbocycles. The van der Waals surface area contributed by atoms with E-state index in [2.05, 4.69) is 45.1 Å². The van der Waals surface area contributed by atoms with Gasteiger partial charge in [-0.05, 0) is 60.8 Å². The Kier molecular flexibility index (Phi) is 15.7. The van der Waals surface area contributed by atoms with Crippen LogP contribution in [0.1, 0.15) is 47.0 Å². The summed E-state index contributed by atoms with van der Waals surface area (Å²) in [5.74, 6) is 0.654. The van der Waals surface area contributed by atoms with E-state index in [-0.39, 0.29) is 5.97 Å². The second-order valence-corrected chi connectivity index (χ2v) is 25.4. The van der Waals surface area contributed by atoms with Gasteiger partial charge in [0.25, 0.3) is 0 Å². The molecule has 5 aliphatic heterocycles. The van der Waals surface area contributed by atoms with E-state index in [4.69, 9.17) is 4.74 Å². The van der Waals surface area contributed by atoms with E-state index in [0.29, 0.717) is 13.0 Å². The largest absolute Gasteiger partial charge is 0.466 e. The highest BCUT2D eigenvalue weighted by Crippen LogP contribution is 2.63. The van der Waals surface area contributed by atoms with Crippen molar-refractivity contribution in [3.8, 4) is 0 Å². The lowest BCUT2D eigenvalue weighted by molar-refractivity contribution is -0.142. The lowest BCUT2D eigenvalue weighted by Gasteiger charge is -2.09. The highest BCUT2D eigenvalue weighted by Gasteiger charge is 2.27. The van der Waals surface area contributed by atoms with Gasteiger partial charge in [0.05, 0.1) is 46.9 Å². The van der Waals surface area contributed by atoms with Gasteiger partial charge in [-0.3, -0.25) is 4.79 Å². The van der Waals surface area contributed by atoms with Gasteiger partial charge in [0.15, 0.2) is 0 Å². The third-order valence-electron chi connectivity index (χ3n) is 5.56. The molecule has 5 aliphatic rings. The molecule has 0 atom stereocenters. The number of ether oxygens (including phenoxy) is 1. The molecule has 15 heteroatoms. The quantitative estimate of drug-likeness (QED) is 0.207. The molecule has 0 saturated carbocycles. The number of esters is 1. The summed E-state index contributed by atoms with van der Waals surface area (Å²) in [6, 6.07) is 0. The second-order valence-electron chi connectivity index (χ2n) is 8.52. The van der Waals surface area contributed by atoms with Gasteiger partial charge in [0.2, 0.25) is 0 Å². The topological polar surface area (TPSA) is 26.3 Å². The Morgan fingerprint density at radius 1 is 0.674 bits per heavy atom. The maximum atomic E-state index is 11.7. The number of thioether (sulfide) groups is 13. The summed E-state index contributed by atoms with van der Waals surface area (Å²) in [5.41, 5.74) is 0. The molecular weight excluding hydrogens is 785 g/mol. The fourth-order valence-corrected chi connectivity index (χ4v) is 22.5. The predicted molar refractivity (Wildman–Crippen MR) is 221 cm³/mol. The minimum Gasteiger partial charge on any atom is -0.466 e. The molecule has 0 amide bonds. The van der Waals surface area contributed by atoms with Crippen LogP contribution in [0.2, 0.25) is 0 Å². The zero-order valence-corrected chi connectivity index (χ0v) is 34.5. The number of rotatable bonds is 9. The van der Waals surface area contributed by atoms with Crippen LogP contribution in [-0.2, 0) is 9.53 Å². The zero-order valence-electron chi connectivity index (χ0n) is 23.9. The maximum absolute atomic E-state index is 11.7. The second kappa shape index (κ2) is 18.6. The van der Waals surface area contributed by atoms with Crippen molar-refractivity contribution in [1.29, 1.82) is 0 Å². The first kappa shape index (κ1) is 36.2. The first-order valence-electron chi connectivity index (χ1n) is 13.4. The van der Waals surface area contributed by atoms with E-state index in [9.17, 15) is 4.79 Å². The number of allylic oxidation sites excluding steroid dienone is 7. The van der Waals surface area contributed by atoms with Crippen molar-refractivity contribution in [2.75, 3.05) is 22.5 Å². The van der Waals surface area contributed by atoms with Crippen LogP contribution in [0, 0.1) is 0 Å². The van der Waals surface area contributed by atoms with Crippen LogP contribution in [-0.4, -0.2) is 28.5 Å². The third-order valence-corrected chi connectivity index (χ3v) is 23.5. The summed E-state index contributed by atoms with van der Waals surface area (Å²) >= 11 is 25.1. The van der Waals surface area contributed by atoms with Crippen molar-refractivity contribution in [3.63, 3.8) is 0 Å². The summed E-state index contributed by atoms with van der Waals surface area (Å²) in [4.78, 5) is 16.1. The molecule has 2 nitrogen and oxygen atoms in total. The van der Waals surface area contributed by atoms with Crippen LogP contribution in [0.3, 0.4) is 0 Å². The van der Waals surface area contributed by atoms with Crippen LogP contribution in [0.5, 0.6) is 0 Å². The molecule has 0 spiro atoms. The highest BCUT2D eigenvalue weighted by atomic mass is 32.3. The van der Waals surface area contributed by atoms with Gasteiger partial charge in [-0.15, -0.1) is 58.8 Å². The molecule has 0 unspecified atom stereocenters. The minimum atomic E-state index is -0.110. The van der Waals surface area contributed by atoms with Crippen LogP contribution >= 0.6 is 153 Å². The van der Waals surface area contributed by atoms with E-state index < -0.39 is 0 Å². The van der Waals surface area contributed by atoms with E-state index in [1.807, 2.05) is 148 Å². The fourth-order valence-electron chi connectivity index (χ4n) is 3.63. The molecule has 0 fully saturated rings. The Morgan fingerprint density at radius 2 is 1.12 bits per heavy atom. The van der Waals surface area contributed by atoms with Crippen molar-refractivity contribution < 1.29 is 9.53 Å². The van der Waals surface area contributed by atoms with Gasteiger partial charge >= 0.3 is 5.97 Å². The standard InChI is InChI=1S/C28H30O2S13/c1-5-17-18(6-2)38-21(37-17)9-11-23-42-27-28(43-23)35-15-33-26-25(32-14-34-27)40-22(41-26)10-8-20-36-16(4)24(39-20)31-13-12-19(29)30-7-3/h8-11H,5-7,12-15H2,1-4H3. The first-order chi connectivity index (χ1) is 20.9.